The summed E-state index contributed by atoms with van der Waals surface area (Å²) in [6.45, 7) is 0. The topological polar surface area (TPSA) is 92.1 Å². The Hall–Kier alpha value is -7.00. The SMILES string of the molecule is C1=CCCC(n2c(-c3cc(-c4nc5cccnc5n4-c4ccccc4)cc(-c4nc5cccnc5n4-c4ccccc4)c3)nc3cccnc32)=C1. The molecule has 0 aliphatic heterocycles. The Balaban J connectivity index is 1.31. The molecule has 9 nitrogen and oxygen atoms in total. The van der Waals surface area contributed by atoms with Crippen LogP contribution in [-0.2, 0) is 0 Å². The van der Waals surface area contributed by atoms with Crippen LogP contribution in [-0.4, -0.2) is 43.6 Å². The predicted octanol–water partition coefficient (Wildman–Crippen LogP) is 9.09. The lowest BCUT2D eigenvalue weighted by Crippen LogP contribution is -2.04. The fourth-order valence-electron chi connectivity index (χ4n) is 7.02. The van der Waals surface area contributed by atoms with Crippen LogP contribution in [0.4, 0.5) is 0 Å². The Kier molecular flexibility index (Phi) is 6.73. The first kappa shape index (κ1) is 29.0. The number of allylic oxidation sites excluding steroid dienone is 4. The number of hydrogen-bond donors (Lipinski definition) is 0. The number of pyridine rings is 3. The summed E-state index contributed by atoms with van der Waals surface area (Å²) >= 11 is 0. The average Bonchev–Trinajstić information content (AvgIpc) is 3.91. The molecule has 0 atom stereocenters. The first-order valence-corrected chi connectivity index (χ1v) is 16.9. The quantitative estimate of drug-likeness (QED) is 0.177. The zero-order valence-corrected chi connectivity index (χ0v) is 27.4. The molecule has 6 heterocycles. The molecule has 242 valence electrons. The Morgan fingerprint density at radius 1 is 0.451 bits per heavy atom. The zero-order chi connectivity index (χ0) is 33.7. The minimum Gasteiger partial charge on any atom is -0.281 e. The number of rotatable bonds is 6. The molecule has 51 heavy (non-hydrogen) atoms. The molecule has 0 saturated heterocycles. The number of fused-ring (bicyclic) bond motifs is 3. The first-order valence-electron chi connectivity index (χ1n) is 16.9. The van der Waals surface area contributed by atoms with Crippen LogP contribution in [0.2, 0.25) is 0 Å². The van der Waals surface area contributed by atoms with Crippen molar-refractivity contribution < 1.29 is 0 Å². The molecule has 0 spiro atoms. The lowest BCUT2D eigenvalue weighted by atomic mass is 10.0. The molecule has 0 N–H and O–H groups in total. The number of nitrogens with zero attached hydrogens (tertiary/aromatic N) is 9. The van der Waals surface area contributed by atoms with Crippen molar-refractivity contribution in [2.24, 2.45) is 0 Å². The van der Waals surface area contributed by atoms with Gasteiger partial charge in [-0.25, -0.2) is 29.9 Å². The van der Waals surface area contributed by atoms with Gasteiger partial charge in [0.15, 0.2) is 16.9 Å². The van der Waals surface area contributed by atoms with E-state index in [9.17, 15) is 0 Å². The Morgan fingerprint density at radius 2 is 0.882 bits per heavy atom. The van der Waals surface area contributed by atoms with Crippen LogP contribution < -0.4 is 0 Å². The van der Waals surface area contributed by atoms with Gasteiger partial charge in [0.05, 0.1) is 0 Å². The van der Waals surface area contributed by atoms with Crippen LogP contribution in [0.15, 0.2) is 152 Å². The number of aromatic nitrogens is 9. The number of hydrogen-bond acceptors (Lipinski definition) is 6. The summed E-state index contributed by atoms with van der Waals surface area (Å²) in [7, 11) is 0. The molecular formula is C42H29N9. The summed E-state index contributed by atoms with van der Waals surface area (Å²) in [5.74, 6) is 2.33. The highest BCUT2D eigenvalue weighted by molar-refractivity contribution is 5.88. The van der Waals surface area contributed by atoms with E-state index < -0.39 is 0 Å². The van der Waals surface area contributed by atoms with Gasteiger partial charge in [0.1, 0.15) is 34.0 Å². The van der Waals surface area contributed by atoms with Gasteiger partial charge in [-0.15, -0.1) is 0 Å². The molecule has 0 saturated carbocycles. The Bertz CT molecular complexity index is 2670. The molecule has 6 aromatic heterocycles. The summed E-state index contributed by atoms with van der Waals surface area (Å²) in [6, 6.07) is 38.8. The van der Waals surface area contributed by atoms with E-state index in [2.05, 4.69) is 74.4 Å². The monoisotopic (exact) mass is 659 g/mol. The second-order valence-corrected chi connectivity index (χ2v) is 12.4. The smallest absolute Gasteiger partial charge is 0.164 e. The van der Waals surface area contributed by atoms with E-state index in [-0.39, 0.29) is 0 Å². The van der Waals surface area contributed by atoms with Gasteiger partial charge < -0.3 is 0 Å². The highest BCUT2D eigenvalue weighted by Crippen LogP contribution is 2.38. The van der Waals surface area contributed by atoms with Gasteiger partial charge in [-0.1, -0.05) is 48.6 Å². The van der Waals surface area contributed by atoms with Crippen molar-refractivity contribution in [2.45, 2.75) is 12.8 Å². The molecule has 0 unspecified atom stereocenters. The predicted molar refractivity (Wildman–Crippen MR) is 201 cm³/mol. The third-order valence-electron chi connectivity index (χ3n) is 9.26. The maximum atomic E-state index is 5.23. The minimum absolute atomic E-state index is 0.763. The summed E-state index contributed by atoms with van der Waals surface area (Å²) in [4.78, 5) is 30.0. The number of imidazole rings is 3. The van der Waals surface area contributed by atoms with E-state index >= 15 is 0 Å². The molecule has 9 heteroatoms. The summed E-state index contributed by atoms with van der Waals surface area (Å²) < 4.78 is 6.45. The van der Waals surface area contributed by atoms with Gasteiger partial charge in [-0.3, -0.25) is 13.7 Å². The number of para-hydroxylation sites is 2. The minimum atomic E-state index is 0.763. The molecule has 3 aromatic carbocycles. The molecule has 0 amide bonds. The van der Waals surface area contributed by atoms with E-state index in [0.29, 0.717) is 0 Å². The van der Waals surface area contributed by atoms with Crippen molar-refractivity contribution in [2.75, 3.05) is 0 Å². The van der Waals surface area contributed by atoms with Crippen molar-refractivity contribution in [3.63, 3.8) is 0 Å². The second-order valence-electron chi connectivity index (χ2n) is 12.4. The van der Waals surface area contributed by atoms with Crippen LogP contribution in [0.5, 0.6) is 0 Å². The largest absolute Gasteiger partial charge is 0.281 e. The van der Waals surface area contributed by atoms with Gasteiger partial charge in [-0.2, -0.15) is 0 Å². The van der Waals surface area contributed by atoms with E-state index in [1.54, 1.807) is 0 Å². The van der Waals surface area contributed by atoms with Gasteiger partial charge in [0.25, 0.3) is 0 Å². The lowest BCUT2D eigenvalue weighted by Gasteiger charge is -2.16. The highest BCUT2D eigenvalue weighted by Gasteiger charge is 2.24. The van der Waals surface area contributed by atoms with Gasteiger partial charge in [0, 0.05) is 52.4 Å². The van der Waals surface area contributed by atoms with Gasteiger partial charge in [0.2, 0.25) is 0 Å². The molecule has 9 aromatic rings. The maximum absolute atomic E-state index is 5.23. The van der Waals surface area contributed by atoms with Crippen molar-refractivity contribution in [1.82, 2.24) is 43.6 Å². The van der Waals surface area contributed by atoms with Crippen molar-refractivity contribution in [1.29, 1.82) is 0 Å². The molecule has 0 radical (unpaired) electrons. The van der Waals surface area contributed by atoms with Crippen LogP contribution in [0, 0.1) is 0 Å². The standard InChI is InChI=1S/C42H29N9/c1-4-13-31(14-5-1)49-37(46-34-19-10-22-43-40(34)49)28-25-29(38-47-35-20-11-23-44-41(35)50(38)32-15-6-2-7-16-32)27-30(26-28)39-48-36-21-12-24-45-42(36)51(39)33-17-8-3-9-18-33/h1-8,10-17,19-27H,9,18H2. The van der Waals surface area contributed by atoms with Crippen LogP contribution in [0.25, 0.3) is 84.7 Å². The fraction of sp³-hybridized carbons (Fsp3) is 0.0476. The second kappa shape index (κ2) is 11.9. The Morgan fingerprint density at radius 3 is 1.31 bits per heavy atom. The third-order valence-corrected chi connectivity index (χ3v) is 9.26. The number of benzene rings is 3. The third kappa shape index (κ3) is 4.86. The van der Waals surface area contributed by atoms with E-state index in [1.807, 2.05) is 91.4 Å². The maximum Gasteiger partial charge on any atom is 0.164 e. The van der Waals surface area contributed by atoms with Crippen molar-refractivity contribution in [3.8, 4) is 45.5 Å². The molecule has 0 fully saturated rings. The van der Waals surface area contributed by atoms with Crippen LogP contribution in [0.3, 0.4) is 0 Å². The highest BCUT2D eigenvalue weighted by atomic mass is 15.2. The van der Waals surface area contributed by atoms with E-state index in [1.165, 1.54) is 0 Å². The van der Waals surface area contributed by atoms with Gasteiger partial charge in [-0.05, 0) is 97.8 Å². The molecule has 1 aliphatic carbocycles. The van der Waals surface area contributed by atoms with E-state index in [0.717, 1.165) is 97.6 Å². The fourth-order valence-corrected chi connectivity index (χ4v) is 7.02. The average molecular weight is 660 g/mol. The van der Waals surface area contributed by atoms with E-state index in [4.69, 9.17) is 29.9 Å². The summed E-state index contributed by atoms with van der Waals surface area (Å²) in [6.07, 6.45) is 13.7. The summed E-state index contributed by atoms with van der Waals surface area (Å²) in [5.41, 5.74) is 10.6. The lowest BCUT2D eigenvalue weighted by molar-refractivity contribution is 0.952. The molecular weight excluding hydrogens is 631 g/mol. The van der Waals surface area contributed by atoms with Crippen LogP contribution >= 0.6 is 0 Å². The zero-order valence-electron chi connectivity index (χ0n) is 27.4. The van der Waals surface area contributed by atoms with Gasteiger partial charge >= 0.3 is 0 Å². The normalized spacial score (nSPS) is 13.0. The Labute approximate surface area is 292 Å². The van der Waals surface area contributed by atoms with Crippen LogP contribution in [0.1, 0.15) is 12.8 Å². The molecule has 0 bridgehead atoms. The van der Waals surface area contributed by atoms with Crippen molar-refractivity contribution >= 4 is 39.2 Å². The molecule has 1 aliphatic rings. The van der Waals surface area contributed by atoms with Crippen molar-refractivity contribution in [3.05, 3.63) is 152 Å². The summed E-state index contributed by atoms with van der Waals surface area (Å²) in [5, 5.41) is 0. The molecule has 10 rings (SSSR count). The first-order chi connectivity index (χ1) is 25.3.